The van der Waals surface area contributed by atoms with Crippen molar-refractivity contribution in [2.24, 2.45) is 0 Å². The van der Waals surface area contributed by atoms with E-state index < -0.39 is 46.7 Å². The van der Waals surface area contributed by atoms with Gasteiger partial charge in [0.25, 0.3) is 0 Å². The molecule has 0 saturated carbocycles. The number of alkyl halides is 6. The third kappa shape index (κ3) is 6.15. The lowest BCUT2D eigenvalue weighted by molar-refractivity contribution is -0.143. The second-order valence-electron chi connectivity index (χ2n) is 9.29. The zero-order valence-electron chi connectivity index (χ0n) is 19.6. The molecule has 0 radical (unpaired) electrons. The largest absolute Gasteiger partial charge is 0.416 e. The van der Waals surface area contributed by atoms with Crippen molar-refractivity contribution < 1.29 is 35.5 Å². The summed E-state index contributed by atoms with van der Waals surface area (Å²) in [5.41, 5.74) is -2.95. The zero-order valence-corrected chi connectivity index (χ0v) is 19.6. The van der Waals surface area contributed by atoms with Gasteiger partial charge in [-0.15, -0.1) is 0 Å². The van der Waals surface area contributed by atoms with Crippen LogP contribution < -0.4 is 0 Å². The average Bonchev–Trinajstić information content (AvgIpc) is 2.78. The predicted octanol–water partition coefficient (Wildman–Crippen LogP) is 6.44. The van der Waals surface area contributed by atoms with E-state index in [1.165, 1.54) is 31.0 Å². The summed E-state index contributed by atoms with van der Waals surface area (Å²) in [6.07, 6.45) is -8.74. The summed E-state index contributed by atoms with van der Waals surface area (Å²) in [5, 5.41) is 0. The normalized spacial score (nSPS) is 17.8. The summed E-state index contributed by atoms with van der Waals surface area (Å²) in [5.74, 6) is -0.837. The van der Waals surface area contributed by atoms with Crippen molar-refractivity contribution in [2.75, 3.05) is 27.2 Å². The first-order valence-corrected chi connectivity index (χ1v) is 11.1. The third-order valence-corrected chi connectivity index (χ3v) is 6.96. The minimum Gasteiger partial charge on any atom is -0.339 e. The summed E-state index contributed by atoms with van der Waals surface area (Å²) in [6, 6.07) is 6.20. The molecule has 10 heteroatoms. The second-order valence-corrected chi connectivity index (χ2v) is 9.29. The van der Waals surface area contributed by atoms with E-state index in [2.05, 4.69) is 4.90 Å². The second kappa shape index (κ2) is 9.79. The van der Waals surface area contributed by atoms with E-state index in [0.29, 0.717) is 38.1 Å². The van der Waals surface area contributed by atoms with Crippen LogP contribution >= 0.6 is 0 Å². The van der Waals surface area contributed by atoms with Crippen LogP contribution in [0.2, 0.25) is 0 Å². The van der Waals surface area contributed by atoms with Crippen LogP contribution in [0, 0.1) is 5.82 Å². The standard InChI is InChI=1S/C25H27F7N2O/c1-16(17-12-19(24(27,28)29)14-20(13-17)25(30,31)32)34(3)22(35)15-23(8-10-33(2)11-9-23)18-4-6-21(26)7-5-18/h4-7,12-14,16H,8-11,15H2,1-3H3. The Hall–Kier alpha value is -2.62. The molecule has 1 saturated heterocycles. The van der Waals surface area contributed by atoms with E-state index in [9.17, 15) is 35.5 Å². The molecule has 2 aromatic rings. The van der Waals surface area contributed by atoms with Crippen molar-refractivity contribution in [3.8, 4) is 0 Å². The van der Waals surface area contributed by atoms with Gasteiger partial charge in [-0.1, -0.05) is 12.1 Å². The predicted molar refractivity (Wildman–Crippen MR) is 117 cm³/mol. The molecular weight excluding hydrogens is 477 g/mol. The van der Waals surface area contributed by atoms with Crippen LogP contribution in [0.5, 0.6) is 0 Å². The highest BCUT2D eigenvalue weighted by Gasteiger charge is 2.40. The summed E-state index contributed by atoms with van der Waals surface area (Å²) in [7, 11) is 3.31. The van der Waals surface area contributed by atoms with E-state index in [-0.39, 0.29) is 18.1 Å². The molecule has 1 unspecified atom stereocenters. The molecule has 0 aliphatic carbocycles. The maximum absolute atomic E-state index is 13.5. The molecule has 3 nitrogen and oxygen atoms in total. The van der Waals surface area contributed by atoms with Crippen molar-refractivity contribution in [1.82, 2.24) is 9.80 Å². The van der Waals surface area contributed by atoms with Gasteiger partial charge in [0.1, 0.15) is 5.82 Å². The van der Waals surface area contributed by atoms with E-state index in [1.807, 2.05) is 7.05 Å². The highest BCUT2D eigenvalue weighted by Crippen LogP contribution is 2.41. The smallest absolute Gasteiger partial charge is 0.339 e. The Bertz CT molecular complexity index is 1010. The van der Waals surface area contributed by atoms with E-state index in [0.717, 1.165) is 5.56 Å². The van der Waals surface area contributed by atoms with Gasteiger partial charge in [0.2, 0.25) is 5.91 Å². The molecule has 1 amide bonds. The molecule has 1 heterocycles. The topological polar surface area (TPSA) is 23.6 Å². The van der Waals surface area contributed by atoms with Crippen LogP contribution in [0.25, 0.3) is 0 Å². The van der Waals surface area contributed by atoms with Crippen molar-refractivity contribution >= 4 is 5.91 Å². The van der Waals surface area contributed by atoms with E-state index >= 15 is 0 Å². The number of carbonyl (C=O) groups excluding carboxylic acids is 1. The Balaban J connectivity index is 1.91. The molecule has 0 bridgehead atoms. The number of rotatable bonds is 5. The van der Waals surface area contributed by atoms with Gasteiger partial charge in [0.05, 0.1) is 17.2 Å². The fourth-order valence-electron chi connectivity index (χ4n) is 4.49. The monoisotopic (exact) mass is 504 g/mol. The lowest BCUT2D eigenvalue weighted by atomic mass is 9.70. The molecule has 0 aromatic heterocycles. The molecule has 0 N–H and O–H groups in total. The van der Waals surface area contributed by atoms with Crippen LogP contribution in [0.15, 0.2) is 42.5 Å². The SMILES string of the molecule is CC(c1cc(C(F)(F)F)cc(C(F)(F)F)c1)N(C)C(=O)CC1(c2ccc(F)cc2)CCN(C)CC1. The average molecular weight is 504 g/mol. The Kier molecular flexibility index (Phi) is 7.55. The van der Waals surface area contributed by atoms with Gasteiger partial charge >= 0.3 is 12.4 Å². The fraction of sp³-hybridized carbons (Fsp3) is 0.480. The molecule has 192 valence electrons. The Morgan fingerprint density at radius 3 is 1.91 bits per heavy atom. The van der Waals surface area contributed by atoms with Crippen LogP contribution in [-0.4, -0.2) is 42.9 Å². The van der Waals surface area contributed by atoms with Gasteiger partial charge in [-0.25, -0.2) is 4.39 Å². The molecule has 3 rings (SSSR count). The third-order valence-electron chi connectivity index (χ3n) is 6.96. The van der Waals surface area contributed by atoms with Crippen molar-refractivity contribution in [1.29, 1.82) is 0 Å². The number of amides is 1. The molecule has 2 aromatic carbocycles. The molecule has 0 spiro atoms. The molecule has 1 fully saturated rings. The maximum atomic E-state index is 13.5. The molecular formula is C25H27F7N2O. The van der Waals surface area contributed by atoms with Gasteiger partial charge in [0, 0.05) is 18.9 Å². The lowest BCUT2D eigenvalue weighted by Crippen LogP contribution is -2.44. The molecule has 1 atom stereocenters. The van der Waals surface area contributed by atoms with Gasteiger partial charge in [-0.3, -0.25) is 4.79 Å². The van der Waals surface area contributed by atoms with Crippen LogP contribution in [0.3, 0.4) is 0 Å². The first kappa shape index (κ1) is 27.0. The van der Waals surface area contributed by atoms with Gasteiger partial charge in [-0.2, -0.15) is 26.3 Å². The number of hydrogen-bond donors (Lipinski definition) is 0. The van der Waals surface area contributed by atoms with Crippen molar-refractivity contribution in [2.45, 2.75) is 50.0 Å². The Morgan fingerprint density at radius 2 is 1.46 bits per heavy atom. The van der Waals surface area contributed by atoms with E-state index in [4.69, 9.17) is 0 Å². The minimum absolute atomic E-state index is 0.00159. The molecule has 1 aliphatic heterocycles. The lowest BCUT2D eigenvalue weighted by Gasteiger charge is -2.42. The molecule has 35 heavy (non-hydrogen) atoms. The van der Waals surface area contributed by atoms with Crippen molar-refractivity contribution in [3.05, 3.63) is 70.5 Å². The van der Waals surface area contributed by atoms with E-state index in [1.54, 1.807) is 12.1 Å². The van der Waals surface area contributed by atoms with Gasteiger partial charge in [-0.05, 0) is 81.4 Å². The fourth-order valence-corrected chi connectivity index (χ4v) is 4.49. The van der Waals surface area contributed by atoms with Crippen molar-refractivity contribution in [3.63, 3.8) is 0 Å². The highest BCUT2D eigenvalue weighted by atomic mass is 19.4. The number of piperidine rings is 1. The quantitative estimate of drug-likeness (QED) is 0.438. The van der Waals surface area contributed by atoms with Gasteiger partial charge < -0.3 is 9.80 Å². The van der Waals surface area contributed by atoms with Crippen LogP contribution in [0.4, 0.5) is 30.7 Å². The van der Waals surface area contributed by atoms with Crippen LogP contribution in [-0.2, 0) is 22.6 Å². The number of benzene rings is 2. The maximum Gasteiger partial charge on any atom is 0.416 e. The number of halogens is 7. The minimum atomic E-state index is -4.97. The van der Waals surface area contributed by atoms with Crippen LogP contribution in [0.1, 0.15) is 54.5 Å². The summed E-state index contributed by atoms with van der Waals surface area (Å²) >= 11 is 0. The first-order valence-electron chi connectivity index (χ1n) is 11.1. The molecule has 1 aliphatic rings. The number of nitrogens with zero attached hydrogens (tertiary/aromatic N) is 2. The number of carbonyl (C=O) groups is 1. The summed E-state index contributed by atoms with van der Waals surface area (Å²) in [6.45, 7) is 2.77. The summed E-state index contributed by atoms with van der Waals surface area (Å²) in [4.78, 5) is 16.6. The Labute approximate surface area is 199 Å². The Morgan fingerprint density at radius 1 is 0.971 bits per heavy atom. The number of likely N-dealkylation sites (tertiary alicyclic amines) is 1. The van der Waals surface area contributed by atoms with Gasteiger partial charge in [0.15, 0.2) is 0 Å². The highest BCUT2D eigenvalue weighted by molar-refractivity contribution is 5.78. The summed E-state index contributed by atoms with van der Waals surface area (Å²) < 4.78 is 93.2. The first-order chi connectivity index (χ1) is 16.1. The zero-order chi connectivity index (χ0) is 26.2. The number of hydrogen-bond acceptors (Lipinski definition) is 2.